The number of thioether (sulfide) groups is 1. The summed E-state index contributed by atoms with van der Waals surface area (Å²) in [6.45, 7) is 2.11. The minimum atomic E-state index is -0.151. The molecule has 1 N–H and O–H groups in total. The molecular formula is C18H20N2O2S. The monoisotopic (exact) mass is 328 g/mol. The first-order chi connectivity index (χ1) is 11.2. The average molecular weight is 328 g/mol. The molecule has 23 heavy (non-hydrogen) atoms. The van der Waals surface area contributed by atoms with E-state index in [0.717, 1.165) is 30.0 Å². The first kappa shape index (κ1) is 15.9. The van der Waals surface area contributed by atoms with E-state index in [1.165, 1.54) is 5.56 Å². The molecule has 0 spiro atoms. The van der Waals surface area contributed by atoms with Gasteiger partial charge in [-0.2, -0.15) is 11.8 Å². The molecule has 120 valence electrons. The van der Waals surface area contributed by atoms with E-state index in [-0.39, 0.29) is 12.0 Å². The lowest BCUT2D eigenvalue weighted by molar-refractivity contribution is 0.102. The van der Waals surface area contributed by atoms with E-state index in [9.17, 15) is 4.79 Å². The van der Waals surface area contributed by atoms with Crippen molar-refractivity contribution in [1.82, 2.24) is 4.98 Å². The zero-order chi connectivity index (χ0) is 16.1. The number of nitrogens with zero attached hydrogens (tertiary/aromatic N) is 1. The molecule has 1 aromatic heterocycles. The second-order valence-corrected chi connectivity index (χ2v) is 6.64. The second-order valence-electron chi connectivity index (χ2n) is 5.49. The maximum Gasteiger partial charge on any atom is 0.255 e. The van der Waals surface area contributed by atoms with Gasteiger partial charge in [0.25, 0.3) is 5.91 Å². The van der Waals surface area contributed by atoms with Crippen LogP contribution in [0, 0.1) is 0 Å². The lowest BCUT2D eigenvalue weighted by atomic mass is 10.1. The summed E-state index contributed by atoms with van der Waals surface area (Å²) < 4.78 is 5.83. The van der Waals surface area contributed by atoms with Crippen molar-refractivity contribution in [2.24, 2.45) is 0 Å². The molecule has 3 rings (SSSR count). The maximum atomic E-state index is 12.4. The Labute approximate surface area is 140 Å². The zero-order valence-electron chi connectivity index (χ0n) is 13.1. The highest BCUT2D eigenvalue weighted by Crippen LogP contribution is 2.22. The Balaban J connectivity index is 1.66. The van der Waals surface area contributed by atoms with Crippen LogP contribution < -0.4 is 10.1 Å². The number of aromatic nitrogens is 1. The summed E-state index contributed by atoms with van der Waals surface area (Å²) in [7, 11) is 0. The highest BCUT2D eigenvalue weighted by atomic mass is 32.2. The van der Waals surface area contributed by atoms with E-state index in [4.69, 9.17) is 4.74 Å². The van der Waals surface area contributed by atoms with Gasteiger partial charge in [-0.3, -0.25) is 4.79 Å². The summed E-state index contributed by atoms with van der Waals surface area (Å²) in [5.74, 6) is 2.48. The van der Waals surface area contributed by atoms with E-state index < -0.39 is 0 Å². The van der Waals surface area contributed by atoms with Crippen molar-refractivity contribution in [3.05, 3.63) is 53.7 Å². The maximum absolute atomic E-state index is 12.4. The predicted octanol–water partition coefficient (Wildman–Crippen LogP) is 3.78. The quantitative estimate of drug-likeness (QED) is 0.907. The van der Waals surface area contributed by atoms with Crippen molar-refractivity contribution >= 4 is 23.4 Å². The fourth-order valence-electron chi connectivity index (χ4n) is 2.42. The second kappa shape index (κ2) is 7.51. The fraction of sp³-hybridized carbons (Fsp3) is 0.333. The molecule has 0 aliphatic carbocycles. The number of carbonyl (C=O) groups is 1. The van der Waals surface area contributed by atoms with Crippen molar-refractivity contribution < 1.29 is 9.53 Å². The number of pyridine rings is 1. The SMILES string of the molecule is CCc1ccc(NC(=O)c2ccnc(OC3CCSC3)c2)cc1. The van der Waals surface area contributed by atoms with Gasteiger partial charge in [0.2, 0.25) is 5.88 Å². The molecule has 1 aromatic carbocycles. The molecule has 1 saturated heterocycles. The molecule has 1 atom stereocenters. The Morgan fingerprint density at radius 1 is 1.35 bits per heavy atom. The van der Waals surface area contributed by atoms with Gasteiger partial charge >= 0.3 is 0 Å². The van der Waals surface area contributed by atoms with Gasteiger partial charge in [-0.15, -0.1) is 0 Å². The Kier molecular flexibility index (Phi) is 5.18. The lowest BCUT2D eigenvalue weighted by Gasteiger charge is -2.12. The van der Waals surface area contributed by atoms with Crippen LogP contribution in [-0.2, 0) is 6.42 Å². The van der Waals surface area contributed by atoms with E-state index in [0.29, 0.717) is 11.4 Å². The largest absolute Gasteiger partial charge is 0.473 e. The van der Waals surface area contributed by atoms with Gasteiger partial charge in [-0.05, 0) is 42.4 Å². The number of ether oxygens (including phenoxy) is 1. The standard InChI is InChI=1S/C18H20N2O2S/c1-2-13-3-5-15(6-4-13)20-18(21)14-7-9-19-17(11-14)22-16-8-10-23-12-16/h3-7,9,11,16H,2,8,10,12H2,1H3,(H,20,21). The highest BCUT2D eigenvalue weighted by molar-refractivity contribution is 7.99. The number of rotatable bonds is 5. The van der Waals surface area contributed by atoms with Gasteiger partial charge < -0.3 is 10.1 Å². The van der Waals surface area contributed by atoms with Crippen LogP contribution in [0.5, 0.6) is 5.88 Å². The number of benzene rings is 1. The Bertz CT molecular complexity index is 667. The Morgan fingerprint density at radius 3 is 2.87 bits per heavy atom. The number of amides is 1. The minimum absolute atomic E-state index is 0.151. The molecular weight excluding hydrogens is 308 g/mol. The molecule has 2 heterocycles. The van der Waals surface area contributed by atoms with Crippen molar-refractivity contribution in [3.8, 4) is 5.88 Å². The third-order valence-electron chi connectivity index (χ3n) is 3.79. The number of hydrogen-bond acceptors (Lipinski definition) is 4. The average Bonchev–Trinajstić information content (AvgIpc) is 3.09. The van der Waals surface area contributed by atoms with Gasteiger partial charge in [-0.1, -0.05) is 19.1 Å². The molecule has 1 unspecified atom stereocenters. The molecule has 4 nitrogen and oxygen atoms in total. The van der Waals surface area contributed by atoms with Crippen molar-refractivity contribution in [2.45, 2.75) is 25.9 Å². The van der Waals surface area contributed by atoms with Crippen molar-refractivity contribution in [1.29, 1.82) is 0 Å². The number of hydrogen-bond donors (Lipinski definition) is 1. The van der Waals surface area contributed by atoms with Crippen LogP contribution in [-0.4, -0.2) is 28.5 Å². The van der Waals surface area contributed by atoms with Crippen LogP contribution in [0.3, 0.4) is 0 Å². The molecule has 1 aliphatic rings. The molecule has 5 heteroatoms. The molecule has 0 radical (unpaired) electrons. The number of aryl methyl sites for hydroxylation is 1. The number of carbonyl (C=O) groups excluding carboxylic acids is 1. The van der Waals surface area contributed by atoms with Crippen LogP contribution in [0.25, 0.3) is 0 Å². The Hall–Kier alpha value is -2.01. The molecule has 1 amide bonds. The number of nitrogens with one attached hydrogen (secondary N) is 1. The topological polar surface area (TPSA) is 51.2 Å². The van der Waals surface area contributed by atoms with Crippen LogP contribution in [0.4, 0.5) is 5.69 Å². The lowest BCUT2D eigenvalue weighted by Crippen LogP contribution is -2.17. The first-order valence-corrected chi connectivity index (χ1v) is 9.01. The van der Waals surface area contributed by atoms with Gasteiger partial charge in [0.1, 0.15) is 6.10 Å². The summed E-state index contributed by atoms with van der Waals surface area (Å²) >= 11 is 1.88. The number of anilines is 1. The van der Waals surface area contributed by atoms with Crippen LogP contribution in [0.15, 0.2) is 42.6 Å². The smallest absolute Gasteiger partial charge is 0.255 e. The van der Waals surface area contributed by atoms with Crippen molar-refractivity contribution in [2.75, 3.05) is 16.8 Å². The van der Waals surface area contributed by atoms with Gasteiger partial charge in [0, 0.05) is 29.3 Å². The highest BCUT2D eigenvalue weighted by Gasteiger charge is 2.18. The van der Waals surface area contributed by atoms with E-state index >= 15 is 0 Å². The Morgan fingerprint density at radius 2 is 2.17 bits per heavy atom. The normalized spacial score (nSPS) is 17.0. The van der Waals surface area contributed by atoms with Crippen LogP contribution >= 0.6 is 11.8 Å². The predicted molar refractivity (Wildman–Crippen MR) is 94.4 cm³/mol. The van der Waals surface area contributed by atoms with Crippen LogP contribution in [0.1, 0.15) is 29.3 Å². The zero-order valence-corrected chi connectivity index (χ0v) is 13.9. The first-order valence-electron chi connectivity index (χ1n) is 7.85. The molecule has 1 aliphatic heterocycles. The summed E-state index contributed by atoms with van der Waals surface area (Å²) in [4.78, 5) is 16.6. The summed E-state index contributed by atoms with van der Waals surface area (Å²) in [6, 6.07) is 11.3. The molecule has 0 saturated carbocycles. The molecule has 2 aromatic rings. The third kappa shape index (κ3) is 4.26. The summed E-state index contributed by atoms with van der Waals surface area (Å²) in [6.07, 6.45) is 3.84. The van der Waals surface area contributed by atoms with E-state index in [1.807, 2.05) is 36.0 Å². The summed E-state index contributed by atoms with van der Waals surface area (Å²) in [5, 5.41) is 2.90. The van der Waals surface area contributed by atoms with Gasteiger partial charge in [-0.25, -0.2) is 4.98 Å². The van der Waals surface area contributed by atoms with E-state index in [2.05, 4.69) is 17.2 Å². The fourth-order valence-corrected chi connectivity index (χ4v) is 3.51. The van der Waals surface area contributed by atoms with Crippen LogP contribution in [0.2, 0.25) is 0 Å². The minimum Gasteiger partial charge on any atom is -0.473 e. The van der Waals surface area contributed by atoms with Gasteiger partial charge in [0.05, 0.1) is 0 Å². The third-order valence-corrected chi connectivity index (χ3v) is 4.92. The van der Waals surface area contributed by atoms with Gasteiger partial charge in [0.15, 0.2) is 0 Å². The molecule has 0 bridgehead atoms. The summed E-state index contributed by atoms with van der Waals surface area (Å²) in [5.41, 5.74) is 2.59. The van der Waals surface area contributed by atoms with E-state index in [1.54, 1.807) is 18.3 Å². The molecule has 1 fully saturated rings. The van der Waals surface area contributed by atoms with Crippen molar-refractivity contribution in [3.63, 3.8) is 0 Å².